The van der Waals surface area contributed by atoms with Crippen molar-refractivity contribution in [3.05, 3.63) is 77.8 Å². The fraction of sp³-hybridized carbons (Fsp3) is 0.136. The Morgan fingerprint density at radius 3 is 2.35 bits per heavy atom. The van der Waals surface area contributed by atoms with Crippen LogP contribution in [-0.2, 0) is 14.8 Å². The van der Waals surface area contributed by atoms with Gasteiger partial charge in [0.05, 0.1) is 22.2 Å². The van der Waals surface area contributed by atoms with E-state index in [9.17, 15) is 13.2 Å². The number of sulfonamides is 1. The Kier molecular flexibility index (Phi) is 7.38. The Labute approximate surface area is 186 Å². The standard InChI is InChI=1S/C22H21ClN2O5S/c1-2-29-21-11-7-6-10-19(21)24-22(26)15-30-20-13-12-17(14-18(20)23)31(27,28)25-16-8-4-3-5-9-16/h3-14,25H,2,15H2,1H3,(H,24,26). The van der Waals surface area contributed by atoms with Gasteiger partial charge in [0.1, 0.15) is 11.5 Å². The number of ether oxygens (including phenoxy) is 2. The number of anilines is 2. The molecule has 7 nitrogen and oxygen atoms in total. The summed E-state index contributed by atoms with van der Waals surface area (Å²) < 4.78 is 38.5. The van der Waals surface area contributed by atoms with Crippen molar-refractivity contribution in [1.29, 1.82) is 0 Å². The molecule has 0 heterocycles. The molecule has 3 aromatic rings. The maximum absolute atomic E-state index is 12.5. The molecule has 0 fully saturated rings. The SMILES string of the molecule is CCOc1ccccc1NC(=O)COc1ccc(S(=O)(=O)Nc2ccccc2)cc1Cl. The van der Waals surface area contributed by atoms with Crippen LogP contribution in [0.1, 0.15) is 6.92 Å². The number of carbonyl (C=O) groups is 1. The number of carbonyl (C=O) groups excluding carboxylic acids is 1. The largest absolute Gasteiger partial charge is 0.492 e. The van der Waals surface area contributed by atoms with Gasteiger partial charge in [0.15, 0.2) is 6.61 Å². The van der Waals surface area contributed by atoms with Crippen molar-refractivity contribution in [2.75, 3.05) is 23.3 Å². The first-order valence-electron chi connectivity index (χ1n) is 9.41. The summed E-state index contributed by atoms with van der Waals surface area (Å²) in [7, 11) is -3.82. The van der Waals surface area contributed by atoms with E-state index in [2.05, 4.69) is 10.0 Å². The van der Waals surface area contributed by atoms with Gasteiger partial charge in [0.25, 0.3) is 15.9 Å². The van der Waals surface area contributed by atoms with Gasteiger partial charge in [-0.1, -0.05) is 41.9 Å². The van der Waals surface area contributed by atoms with Gasteiger partial charge in [-0.3, -0.25) is 9.52 Å². The zero-order chi connectivity index (χ0) is 22.3. The van der Waals surface area contributed by atoms with Crippen LogP contribution in [0.15, 0.2) is 77.7 Å². The number of benzene rings is 3. The molecule has 0 aromatic heterocycles. The third-order valence-electron chi connectivity index (χ3n) is 4.06. The average molecular weight is 461 g/mol. The molecule has 0 aliphatic heterocycles. The van der Waals surface area contributed by atoms with E-state index in [4.69, 9.17) is 21.1 Å². The minimum atomic E-state index is -3.82. The number of hydrogen-bond donors (Lipinski definition) is 2. The molecule has 162 valence electrons. The molecular formula is C22H21ClN2O5S. The Morgan fingerprint density at radius 1 is 0.935 bits per heavy atom. The fourth-order valence-corrected chi connectivity index (χ4v) is 4.05. The van der Waals surface area contributed by atoms with Crippen molar-refractivity contribution in [3.8, 4) is 11.5 Å². The second-order valence-corrected chi connectivity index (χ2v) is 8.42. The van der Waals surface area contributed by atoms with Gasteiger partial charge in [0, 0.05) is 5.69 Å². The number of nitrogens with one attached hydrogen (secondary N) is 2. The molecule has 2 N–H and O–H groups in total. The second kappa shape index (κ2) is 10.2. The Bertz CT molecular complexity index is 1150. The summed E-state index contributed by atoms with van der Waals surface area (Å²) in [5, 5.41) is 2.78. The van der Waals surface area contributed by atoms with Gasteiger partial charge in [-0.05, 0) is 49.4 Å². The normalized spacial score (nSPS) is 10.9. The molecule has 9 heteroatoms. The first-order valence-corrected chi connectivity index (χ1v) is 11.3. The number of halogens is 1. The van der Waals surface area contributed by atoms with Crippen LogP contribution < -0.4 is 19.5 Å². The van der Waals surface area contributed by atoms with E-state index in [1.54, 1.807) is 54.6 Å². The lowest BCUT2D eigenvalue weighted by Gasteiger charge is -2.13. The third-order valence-corrected chi connectivity index (χ3v) is 5.73. The van der Waals surface area contributed by atoms with Crippen LogP contribution in [0.3, 0.4) is 0 Å². The lowest BCUT2D eigenvalue weighted by atomic mass is 10.3. The number of amides is 1. The van der Waals surface area contributed by atoms with E-state index in [0.717, 1.165) is 0 Å². The van der Waals surface area contributed by atoms with Crippen LogP contribution in [0.4, 0.5) is 11.4 Å². The summed E-state index contributed by atoms with van der Waals surface area (Å²) in [4.78, 5) is 12.2. The monoisotopic (exact) mass is 460 g/mol. The van der Waals surface area contributed by atoms with Crippen LogP contribution in [0, 0.1) is 0 Å². The van der Waals surface area contributed by atoms with Crippen molar-refractivity contribution in [2.24, 2.45) is 0 Å². The third kappa shape index (κ3) is 6.13. The topological polar surface area (TPSA) is 93.7 Å². The average Bonchev–Trinajstić information content (AvgIpc) is 2.75. The smallest absolute Gasteiger partial charge is 0.262 e. The van der Waals surface area contributed by atoms with Crippen molar-refractivity contribution in [3.63, 3.8) is 0 Å². The van der Waals surface area contributed by atoms with Crippen LogP contribution in [-0.4, -0.2) is 27.5 Å². The molecule has 0 aliphatic carbocycles. The van der Waals surface area contributed by atoms with E-state index in [1.165, 1.54) is 18.2 Å². The number of rotatable bonds is 9. The lowest BCUT2D eigenvalue weighted by Crippen LogP contribution is -2.20. The van der Waals surface area contributed by atoms with E-state index < -0.39 is 15.9 Å². The predicted molar refractivity (Wildman–Crippen MR) is 120 cm³/mol. The van der Waals surface area contributed by atoms with Gasteiger partial charge < -0.3 is 14.8 Å². The Hall–Kier alpha value is -3.23. The van der Waals surface area contributed by atoms with Crippen LogP contribution in [0.5, 0.6) is 11.5 Å². The van der Waals surface area contributed by atoms with Crippen LogP contribution in [0.2, 0.25) is 5.02 Å². The molecule has 1 amide bonds. The molecule has 3 rings (SSSR count). The molecule has 0 spiro atoms. The van der Waals surface area contributed by atoms with E-state index in [0.29, 0.717) is 23.7 Å². The summed E-state index contributed by atoms with van der Waals surface area (Å²) in [5.41, 5.74) is 0.959. The molecule has 0 unspecified atom stereocenters. The zero-order valence-electron chi connectivity index (χ0n) is 16.7. The van der Waals surface area contributed by atoms with Crippen molar-refractivity contribution >= 4 is 38.9 Å². The fourth-order valence-electron chi connectivity index (χ4n) is 2.67. The van der Waals surface area contributed by atoms with E-state index in [-0.39, 0.29) is 22.3 Å². The van der Waals surface area contributed by atoms with E-state index >= 15 is 0 Å². The van der Waals surface area contributed by atoms with Crippen molar-refractivity contribution in [2.45, 2.75) is 11.8 Å². The summed E-state index contributed by atoms with van der Waals surface area (Å²) in [6.07, 6.45) is 0. The zero-order valence-corrected chi connectivity index (χ0v) is 18.2. The predicted octanol–water partition coefficient (Wildman–Crippen LogP) is 4.56. The highest BCUT2D eigenvalue weighted by atomic mass is 35.5. The lowest BCUT2D eigenvalue weighted by molar-refractivity contribution is -0.118. The summed E-state index contributed by atoms with van der Waals surface area (Å²) in [6.45, 7) is 2.00. The van der Waals surface area contributed by atoms with Crippen LogP contribution in [0.25, 0.3) is 0 Å². The number of para-hydroxylation sites is 3. The van der Waals surface area contributed by atoms with Crippen molar-refractivity contribution < 1.29 is 22.7 Å². The van der Waals surface area contributed by atoms with Gasteiger partial charge in [-0.25, -0.2) is 8.42 Å². The molecule has 0 atom stereocenters. The minimum Gasteiger partial charge on any atom is -0.492 e. The van der Waals surface area contributed by atoms with E-state index in [1.807, 2.05) is 6.92 Å². The first kappa shape index (κ1) is 22.5. The maximum atomic E-state index is 12.5. The Morgan fingerprint density at radius 2 is 1.65 bits per heavy atom. The molecule has 3 aromatic carbocycles. The molecule has 0 bridgehead atoms. The summed E-state index contributed by atoms with van der Waals surface area (Å²) in [6, 6.07) is 19.6. The van der Waals surface area contributed by atoms with Gasteiger partial charge in [0.2, 0.25) is 0 Å². The van der Waals surface area contributed by atoms with Gasteiger partial charge in [-0.2, -0.15) is 0 Å². The minimum absolute atomic E-state index is 0.0243. The highest BCUT2D eigenvalue weighted by Gasteiger charge is 2.17. The maximum Gasteiger partial charge on any atom is 0.262 e. The first-order chi connectivity index (χ1) is 14.9. The van der Waals surface area contributed by atoms with Crippen LogP contribution >= 0.6 is 11.6 Å². The van der Waals surface area contributed by atoms with Crippen molar-refractivity contribution in [1.82, 2.24) is 0 Å². The van der Waals surface area contributed by atoms with Gasteiger partial charge >= 0.3 is 0 Å². The quantitative estimate of drug-likeness (QED) is 0.488. The molecule has 0 saturated carbocycles. The molecule has 0 radical (unpaired) electrons. The highest BCUT2D eigenvalue weighted by Crippen LogP contribution is 2.29. The summed E-state index contributed by atoms with van der Waals surface area (Å²) >= 11 is 6.18. The second-order valence-electron chi connectivity index (χ2n) is 6.33. The van der Waals surface area contributed by atoms with Gasteiger partial charge in [-0.15, -0.1) is 0 Å². The molecular weight excluding hydrogens is 440 g/mol. The molecule has 31 heavy (non-hydrogen) atoms. The summed E-state index contributed by atoms with van der Waals surface area (Å²) in [5.74, 6) is 0.330. The number of hydrogen-bond acceptors (Lipinski definition) is 5. The molecule has 0 saturated heterocycles. The molecule has 0 aliphatic rings. The Balaban J connectivity index is 1.64. The highest BCUT2D eigenvalue weighted by molar-refractivity contribution is 7.92.